The molecule has 0 radical (unpaired) electrons. The van der Waals surface area contributed by atoms with Crippen molar-refractivity contribution in [3.8, 4) is 0 Å². The van der Waals surface area contributed by atoms with Crippen LogP contribution in [0.25, 0.3) is 11.0 Å². The fourth-order valence-corrected chi connectivity index (χ4v) is 3.70. The van der Waals surface area contributed by atoms with E-state index in [9.17, 15) is 14.4 Å². The van der Waals surface area contributed by atoms with Crippen molar-refractivity contribution in [1.82, 2.24) is 24.4 Å². The molecule has 2 aliphatic rings. The minimum Gasteiger partial charge on any atom is -0.348 e. The molecule has 2 aromatic heterocycles. The van der Waals surface area contributed by atoms with Gasteiger partial charge in [-0.25, -0.2) is 14.8 Å². The highest BCUT2D eigenvalue weighted by atomic mass is 32.2. The standard InChI is InChI=1S/C16H19N5O3S/c1-20(2)10(22)7-25-15-11-13(17-12(18-15)8-3-4-8)21(9-5-6-9)16(24)19-14(11)23/h8-9H,3-7H2,1-2H3,(H,19,23,24). The van der Waals surface area contributed by atoms with E-state index in [4.69, 9.17) is 0 Å². The van der Waals surface area contributed by atoms with Gasteiger partial charge in [-0.15, -0.1) is 0 Å². The predicted molar refractivity (Wildman–Crippen MR) is 94.1 cm³/mol. The Labute approximate surface area is 147 Å². The van der Waals surface area contributed by atoms with Crippen LogP contribution in [0.1, 0.15) is 43.5 Å². The Kier molecular flexibility index (Phi) is 3.90. The number of hydrogen-bond acceptors (Lipinski definition) is 6. The number of aromatic amines is 1. The van der Waals surface area contributed by atoms with Crippen LogP contribution in [0.15, 0.2) is 14.6 Å². The Morgan fingerprint density at radius 3 is 2.56 bits per heavy atom. The number of fused-ring (bicyclic) bond motifs is 1. The van der Waals surface area contributed by atoms with Crippen molar-refractivity contribution in [2.75, 3.05) is 19.8 Å². The number of carbonyl (C=O) groups is 1. The highest BCUT2D eigenvalue weighted by molar-refractivity contribution is 8.00. The van der Waals surface area contributed by atoms with E-state index in [-0.39, 0.29) is 23.6 Å². The van der Waals surface area contributed by atoms with Crippen LogP contribution in [0.3, 0.4) is 0 Å². The van der Waals surface area contributed by atoms with Crippen LogP contribution in [-0.2, 0) is 4.79 Å². The summed E-state index contributed by atoms with van der Waals surface area (Å²) in [6, 6.07) is 0.0926. The maximum Gasteiger partial charge on any atom is 0.330 e. The van der Waals surface area contributed by atoms with Crippen molar-refractivity contribution in [2.24, 2.45) is 0 Å². The van der Waals surface area contributed by atoms with Gasteiger partial charge in [-0.1, -0.05) is 11.8 Å². The lowest BCUT2D eigenvalue weighted by Crippen LogP contribution is -2.31. The van der Waals surface area contributed by atoms with Gasteiger partial charge in [-0.2, -0.15) is 0 Å². The molecule has 8 nitrogen and oxygen atoms in total. The topological polar surface area (TPSA) is 101 Å². The molecule has 1 amide bonds. The quantitative estimate of drug-likeness (QED) is 0.626. The van der Waals surface area contributed by atoms with Crippen LogP contribution in [0.5, 0.6) is 0 Å². The lowest BCUT2D eigenvalue weighted by atomic mass is 10.3. The molecule has 2 aromatic rings. The van der Waals surface area contributed by atoms with Crippen molar-refractivity contribution in [3.63, 3.8) is 0 Å². The number of hydrogen-bond donors (Lipinski definition) is 1. The summed E-state index contributed by atoms with van der Waals surface area (Å²) < 4.78 is 1.59. The third-order valence-corrected chi connectivity index (χ3v) is 5.41. The maximum atomic E-state index is 12.4. The van der Waals surface area contributed by atoms with Crippen molar-refractivity contribution in [1.29, 1.82) is 0 Å². The summed E-state index contributed by atoms with van der Waals surface area (Å²) in [7, 11) is 3.38. The molecule has 0 atom stereocenters. The molecule has 9 heteroatoms. The molecule has 2 saturated carbocycles. The lowest BCUT2D eigenvalue weighted by Gasteiger charge is -2.13. The van der Waals surface area contributed by atoms with Gasteiger partial charge in [0.2, 0.25) is 5.91 Å². The van der Waals surface area contributed by atoms with Gasteiger partial charge in [0.25, 0.3) is 5.56 Å². The number of H-pyrrole nitrogens is 1. The first-order valence-corrected chi connectivity index (χ1v) is 9.33. The van der Waals surface area contributed by atoms with Crippen molar-refractivity contribution < 1.29 is 4.79 Å². The van der Waals surface area contributed by atoms with E-state index in [0.29, 0.717) is 21.9 Å². The molecule has 132 valence electrons. The highest BCUT2D eigenvalue weighted by Gasteiger charge is 2.32. The molecule has 0 saturated heterocycles. The Balaban J connectivity index is 1.88. The Morgan fingerprint density at radius 1 is 1.24 bits per heavy atom. The predicted octanol–water partition coefficient (Wildman–Crippen LogP) is 0.872. The zero-order chi connectivity index (χ0) is 17.7. The molecule has 2 heterocycles. The average molecular weight is 361 g/mol. The van der Waals surface area contributed by atoms with E-state index < -0.39 is 11.2 Å². The number of nitrogens with one attached hydrogen (secondary N) is 1. The van der Waals surface area contributed by atoms with E-state index >= 15 is 0 Å². The van der Waals surface area contributed by atoms with Crippen LogP contribution in [0.2, 0.25) is 0 Å². The molecule has 2 aliphatic carbocycles. The third kappa shape index (κ3) is 3.08. The maximum absolute atomic E-state index is 12.4. The zero-order valence-corrected chi connectivity index (χ0v) is 14.9. The minimum atomic E-state index is -0.487. The van der Waals surface area contributed by atoms with Crippen LogP contribution in [-0.4, -0.2) is 50.2 Å². The molecule has 4 rings (SSSR count). The lowest BCUT2D eigenvalue weighted by molar-refractivity contribution is -0.125. The molecular weight excluding hydrogens is 342 g/mol. The van der Waals surface area contributed by atoms with Gasteiger partial charge >= 0.3 is 5.69 Å². The number of amides is 1. The van der Waals surface area contributed by atoms with E-state index in [1.54, 1.807) is 18.7 Å². The van der Waals surface area contributed by atoms with Gasteiger partial charge < -0.3 is 4.90 Å². The van der Waals surface area contributed by atoms with Crippen LogP contribution in [0.4, 0.5) is 0 Å². The Hall–Kier alpha value is -2.16. The number of aromatic nitrogens is 4. The molecule has 0 aromatic carbocycles. The Morgan fingerprint density at radius 2 is 1.96 bits per heavy atom. The molecule has 1 N–H and O–H groups in total. The fraction of sp³-hybridized carbons (Fsp3) is 0.562. The van der Waals surface area contributed by atoms with E-state index in [2.05, 4.69) is 15.0 Å². The normalized spacial score (nSPS) is 17.0. The average Bonchev–Trinajstić information content (AvgIpc) is 3.44. The summed E-state index contributed by atoms with van der Waals surface area (Å²) in [4.78, 5) is 49.6. The van der Waals surface area contributed by atoms with E-state index in [1.165, 1.54) is 16.7 Å². The molecule has 2 fully saturated rings. The summed E-state index contributed by atoms with van der Waals surface area (Å²) >= 11 is 1.23. The summed E-state index contributed by atoms with van der Waals surface area (Å²) in [6.45, 7) is 0. The molecule has 0 unspecified atom stereocenters. The van der Waals surface area contributed by atoms with Gasteiger partial charge in [0.05, 0.1) is 5.75 Å². The van der Waals surface area contributed by atoms with Gasteiger partial charge in [0, 0.05) is 26.1 Å². The van der Waals surface area contributed by atoms with E-state index in [1.807, 2.05) is 0 Å². The number of thioether (sulfide) groups is 1. The smallest absolute Gasteiger partial charge is 0.330 e. The Bertz CT molecular complexity index is 972. The van der Waals surface area contributed by atoms with Crippen molar-refractivity contribution in [2.45, 2.75) is 42.7 Å². The minimum absolute atomic E-state index is 0.0586. The van der Waals surface area contributed by atoms with Gasteiger partial charge in [-0.3, -0.25) is 19.1 Å². The molecular formula is C16H19N5O3S. The summed E-state index contributed by atoms with van der Waals surface area (Å²) in [5.41, 5.74) is -0.493. The van der Waals surface area contributed by atoms with E-state index in [0.717, 1.165) is 25.7 Å². The van der Waals surface area contributed by atoms with Gasteiger partial charge in [-0.05, 0) is 25.7 Å². The number of nitrogens with zero attached hydrogens (tertiary/aromatic N) is 4. The second-order valence-electron chi connectivity index (χ2n) is 6.80. The fourth-order valence-electron chi connectivity index (χ4n) is 2.69. The monoisotopic (exact) mass is 361 g/mol. The molecule has 0 spiro atoms. The number of rotatable bonds is 5. The van der Waals surface area contributed by atoms with Crippen molar-refractivity contribution in [3.05, 3.63) is 26.7 Å². The van der Waals surface area contributed by atoms with Crippen molar-refractivity contribution >= 4 is 28.7 Å². The first-order chi connectivity index (χ1) is 12.0. The summed E-state index contributed by atoms with van der Waals surface area (Å²) in [5, 5.41) is 0.796. The largest absolute Gasteiger partial charge is 0.348 e. The van der Waals surface area contributed by atoms with Crippen LogP contribution >= 0.6 is 11.8 Å². The molecule has 0 bridgehead atoms. The van der Waals surface area contributed by atoms with Crippen LogP contribution in [0, 0.1) is 0 Å². The number of carbonyl (C=O) groups excluding carboxylic acids is 1. The second kappa shape index (κ2) is 5.98. The van der Waals surface area contributed by atoms with Gasteiger partial charge in [0.15, 0.2) is 5.65 Å². The first-order valence-electron chi connectivity index (χ1n) is 8.35. The SMILES string of the molecule is CN(C)C(=O)CSc1nc(C2CC2)nc2c1c(=O)[nH]c(=O)n2C1CC1. The highest BCUT2D eigenvalue weighted by Crippen LogP contribution is 2.40. The third-order valence-electron chi connectivity index (χ3n) is 4.45. The molecule has 0 aliphatic heterocycles. The zero-order valence-electron chi connectivity index (χ0n) is 14.1. The van der Waals surface area contributed by atoms with Gasteiger partial charge in [0.1, 0.15) is 16.2 Å². The summed E-state index contributed by atoms with van der Waals surface area (Å²) in [5.74, 6) is 1.09. The molecule has 25 heavy (non-hydrogen) atoms. The second-order valence-corrected chi connectivity index (χ2v) is 7.76. The first kappa shape index (κ1) is 16.3. The summed E-state index contributed by atoms with van der Waals surface area (Å²) in [6.07, 6.45) is 3.85. The van der Waals surface area contributed by atoms with Crippen LogP contribution < -0.4 is 11.2 Å².